The van der Waals surface area contributed by atoms with E-state index in [2.05, 4.69) is 11.1 Å². The Balaban J connectivity index is 2.59. The number of ketones is 1. The van der Waals surface area contributed by atoms with E-state index in [0.717, 1.165) is 10.9 Å². The Morgan fingerprint density at radius 3 is 2.81 bits per heavy atom. The Kier molecular flexibility index (Phi) is 2.49. The molecule has 1 aromatic carbocycles. The molecule has 3 heteroatoms. The van der Waals surface area contributed by atoms with Gasteiger partial charge in [-0.15, -0.1) is 0 Å². The normalized spacial score (nSPS) is 10.6. The number of rotatable bonds is 2. The lowest BCUT2D eigenvalue weighted by molar-refractivity contribution is 0.0941. The molecule has 0 saturated carbocycles. The Morgan fingerprint density at radius 1 is 1.44 bits per heavy atom. The summed E-state index contributed by atoms with van der Waals surface area (Å²) in [5, 5.41) is 9.66. The van der Waals surface area contributed by atoms with Gasteiger partial charge in [-0.2, -0.15) is 5.26 Å². The van der Waals surface area contributed by atoms with Crippen molar-refractivity contribution < 1.29 is 4.79 Å². The predicted octanol–water partition coefficient (Wildman–Crippen LogP) is 2.88. The third kappa shape index (κ3) is 1.59. The number of hydrogen-bond donors (Lipinski definition) is 1. The van der Waals surface area contributed by atoms with Crippen LogP contribution in [0.4, 0.5) is 0 Å². The Labute approximate surface area is 93.7 Å². The first-order valence-electron chi connectivity index (χ1n) is 5.19. The average molecular weight is 212 g/mol. The van der Waals surface area contributed by atoms with E-state index in [4.69, 9.17) is 5.26 Å². The number of carbonyl (C=O) groups is 1. The maximum absolute atomic E-state index is 11.9. The summed E-state index contributed by atoms with van der Waals surface area (Å²) in [4.78, 5) is 14.9. The minimum absolute atomic E-state index is 0.0188. The van der Waals surface area contributed by atoms with Gasteiger partial charge in [0.25, 0.3) is 0 Å². The molecule has 2 aromatic rings. The number of H-pyrrole nitrogens is 1. The van der Waals surface area contributed by atoms with Gasteiger partial charge in [0.2, 0.25) is 0 Å². The topological polar surface area (TPSA) is 56.6 Å². The van der Waals surface area contributed by atoms with Crippen molar-refractivity contribution in [2.24, 2.45) is 5.92 Å². The van der Waals surface area contributed by atoms with Gasteiger partial charge < -0.3 is 4.98 Å². The SMILES string of the molecule is CC(C)C(=O)c1c[nH]c2cc(C#N)ccc12. The van der Waals surface area contributed by atoms with Gasteiger partial charge in [-0.1, -0.05) is 19.9 Å². The number of aromatic amines is 1. The summed E-state index contributed by atoms with van der Waals surface area (Å²) < 4.78 is 0. The molecule has 0 aliphatic carbocycles. The van der Waals surface area contributed by atoms with Gasteiger partial charge in [0.1, 0.15) is 0 Å². The fourth-order valence-corrected chi connectivity index (χ4v) is 1.71. The van der Waals surface area contributed by atoms with E-state index in [1.165, 1.54) is 0 Å². The fraction of sp³-hybridized carbons (Fsp3) is 0.231. The number of benzene rings is 1. The lowest BCUT2D eigenvalue weighted by atomic mass is 10.0. The molecule has 80 valence electrons. The van der Waals surface area contributed by atoms with E-state index < -0.39 is 0 Å². The van der Waals surface area contributed by atoms with Crippen LogP contribution in [0.5, 0.6) is 0 Å². The predicted molar refractivity (Wildman–Crippen MR) is 62.2 cm³/mol. The molecule has 2 rings (SSSR count). The summed E-state index contributed by atoms with van der Waals surface area (Å²) in [5.74, 6) is 0.102. The molecule has 0 spiro atoms. The van der Waals surface area contributed by atoms with Crippen LogP contribution in [0, 0.1) is 17.2 Å². The molecule has 0 unspecified atom stereocenters. The number of aromatic nitrogens is 1. The zero-order valence-corrected chi connectivity index (χ0v) is 9.24. The van der Waals surface area contributed by atoms with Crippen LogP contribution in [0.15, 0.2) is 24.4 Å². The van der Waals surface area contributed by atoms with Crippen LogP contribution in [-0.4, -0.2) is 10.8 Å². The van der Waals surface area contributed by atoms with Crippen molar-refractivity contribution in [2.45, 2.75) is 13.8 Å². The van der Waals surface area contributed by atoms with Gasteiger partial charge in [0, 0.05) is 28.6 Å². The van der Waals surface area contributed by atoms with Gasteiger partial charge in [-0.25, -0.2) is 0 Å². The largest absolute Gasteiger partial charge is 0.360 e. The van der Waals surface area contributed by atoms with E-state index in [-0.39, 0.29) is 11.7 Å². The summed E-state index contributed by atoms with van der Waals surface area (Å²) >= 11 is 0. The monoisotopic (exact) mass is 212 g/mol. The maximum atomic E-state index is 11.9. The van der Waals surface area contributed by atoms with Crippen LogP contribution in [-0.2, 0) is 0 Å². The Morgan fingerprint density at radius 2 is 2.19 bits per heavy atom. The Bertz CT molecular complexity index is 587. The first-order chi connectivity index (χ1) is 7.63. The summed E-state index contributed by atoms with van der Waals surface area (Å²) in [6.07, 6.45) is 1.72. The highest BCUT2D eigenvalue weighted by atomic mass is 16.1. The highest BCUT2D eigenvalue weighted by Crippen LogP contribution is 2.21. The molecule has 0 saturated heterocycles. The second-order valence-corrected chi connectivity index (χ2v) is 4.09. The second kappa shape index (κ2) is 3.82. The quantitative estimate of drug-likeness (QED) is 0.778. The van der Waals surface area contributed by atoms with E-state index in [1.54, 1.807) is 18.3 Å². The highest BCUT2D eigenvalue weighted by Gasteiger charge is 2.15. The summed E-state index contributed by atoms with van der Waals surface area (Å²) in [6, 6.07) is 7.38. The van der Waals surface area contributed by atoms with Crippen molar-refractivity contribution in [1.82, 2.24) is 4.98 Å². The lowest BCUT2D eigenvalue weighted by Gasteiger charge is -2.01. The van der Waals surface area contributed by atoms with Crippen LogP contribution < -0.4 is 0 Å². The molecule has 0 aliphatic rings. The zero-order chi connectivity index (χ0) is 11.7. The molecular formula is C13H12N2O. The first kappa shape index (κ1) is 10.4. The van der Waals surface area contributed by atoms with Gasteiger partial charge in [-0.05, 0) is 12.1 Å². The molecule has 0 aliphatic heterocycles. The zero-order valence-electron chi connectivity index (χ0n) is 9.24. The minimum Gasteiger partial charge on any atom is -0.360 e. The van der Waals surface area contributed by atoms with Crippen molar-refractivity contribution in [3.63, 3.8) is 0 Å². The number of hydrogen-bond acceptors (Lipinski definition) is 2. The summed E-state index contributed by atoms with van der Waals surface area (Å²) in [6.45, 7) is 3.76. The third-order valence-corrected chi connectivity index (χ3v) is 2.60. The van der Waals surface area contributed by atoms with Crippen LogP contribution in [0.1, 0.15) is 29.8 Å². The van der Waals surface area contributed by atoms with Crippen LogP contribution in [0.3, 0.4) is 0 Å². The number of carbonyl (C=O) groups excluding carboxylic acids is 1. The summed E-state index contributed by atoms with van der Waals surface area (Å²) in [7, 11) is 0. The van der Waals surface area contributed by atoms with E-state index in [1.807, 2.05) is 19.9 Å². The molecule has 1 heterocycles. The molecule has 0 amide bonds. The fourth-order valence-electron chi connectivity index (χ4n) is 1.71. The van der Waals surface area contributed by atoms with Crippen LogP contribution in [0.25, 0.3) is 10.9 Å². The lowest BCUT2D eigenvalue weighted by Crippen LogP contribution is -2.06. The van der Waals surface area contributed by atoms with Crippen molar-refractivity contribution in [3.05, 3.63) is 35.5 Å². The molecular weight excluding hydrogens is 200 g/mol. The highest BCUT2D eigenvalue weighted by molar-refractivity contribution is 6.08. The van der Waals surface area contributed by atoms with E-state index >= 15 is 0 Å². The third-order valence-electron chi connectivity index (χ3n) is 2.60. The number of Topliss-reactive ketones (excluding diaryl/α,β-unsaturated/α-hetero) is 1. The molecule has 0 fully saturated rings. The van der Waals surface area contributed by atoms with Gasteiger partial charge >= 0.3 is 0 Å². The first-order valence-corrected chi connectivity index (χ1v) is 5.19. The number of nitrogens with zero attached hydrogens (tertiary/aromatic N) is 1. The summed E-state index contributed by atoms with van der Waals surface area (Å²) in [5.41, 5.74) is 2.13. The van der Waals surface area contributed by atoms with Crippen molar-refractivity contribution in [2.75, 3.05) is 0 Å². The average Bonchev–Trinajstić information content (AvgIpc) is 2.70. The molecule has 0 bridgehead atoms. The maximum Gasteiger partial charge on any atom is 0.167 e. The van der Waals surface area contributed by atoms with E-state index in [0.29, 0.717) is 11.1 Å². The van der Waals surface area contributed by atoms with Crippen LogP contribution >= 0.6 is 0 Å². The minimum atomic E-state index is -0.0188. The number of nitriles is 1. The van der Waals surface area contributed by atoms with Gasteiger partial charge in [0.15, 0.2) is 5.78 Å². The molecule has 16 heavy (non-hydrogen) atoms. The van der Waals surface area contributed by atoms with Gasteiger partial charge in [-0.3, -0.25) is 4.79 Å². The molecule has 1 aromatic heterocycles. The number of nitrogens with one attached hydrogen (secondary N) is 1. The Hall–Kier alpha value is -2.08. The second-order valence-electron chi connectivity index (χ2n) is 4.09. The van der Waals surface area contributed by atoms with Crippen molar-refractivity contribution in [1.29, 1.82) is 5.26 Å². The standard InChI is InChI=1S/C13H12N2O/c1-8(2)13(16)11-7-15-12-5-9(6-14)3-4-10(11)12/h3-5,7-8,15H,1-2H3. The molecule has 0 atom stereocenters. The van der Waals surface area contributed by atoms with Gasteiger partial charge in [0.05, 0.1) is 11.6 Å². The molecule has 0 radical (unpaired) electrons. The molecule has 3 nitrogen and oxygen atoms in total. The number of fused-ring (bicyclic) bond motifs is 1. The van der Waals surface area contributed by atoms with Crippen molar-refractivity contribution in [3.8, 4) is 6.07 Å². The van der Waals surface area contributed by atoms with E-state index in [9.17, 15) is 4.79 Å². The van der Waals surface area contributed by atoms with Crippen LogP contribution in [0.2, 0.25) is 0 Å². The molecule has 1 N–H and O–H groups in total. The van der Waals surface area contributed by atoms with Crippen molar-refractivity contribution >= 4 is 16.7 Å². The smallest absolute Gasteiger partial charge is 0.167 e.